The Kier molecular flexibility index (Phi) is 2.69. The molecule has 3 aliphatic heterocycles. The zero-order valence-electron chi connectivity index (χ0n) is 11.0. The van der Waals surface area contributed by atoms with Crippen LogP contribution in [-0.2, 0) is 0 Å². The molecule has 2 nitrogen and oxygen atoms in total. The van der Waals surface area contributed by atoms with Gasteiger partial charge in [-0.2, -0.15) is 0 Å². The van der Waals surface area contributed by atoms with Crippen LogP contribution in [-0.4, -0.2) is 41.6 Å². The van der Waals surface area contributed by atoms with Gasteiger partial charge in [0.05, 0.1) is 6.17 Å². The van der Waals surface area contributed by atoms with Gasteiger partial charge >= 0.3 is 0 Å². The molecule has 0 N–H and O–H groups in total. The number of hydrogen-bond donors (Lipinski definition) is 0. The van der Waals surface area contributed by atoms with Crippen molar-refractivity contribution in [3.05, 3.63) is 0 Å². The summed E-state index contributed by atoms with van der Waals surface area (Å²) in [7, 11) is 0. The van der Waals surface area contributed by atoms with E-state index in [9.17, 15) is 0 Å². The van der Waals surface area contributed by atoms with E-state index in [1.54, 1.807) is 0 Å². The molecule has 4 rings (SSSR count). The molecule has 4 aliphatic rings. The monoisotopic (exact) mass is 234 g/mol. The van der Waals surface area contributed by atoms with Crippen LogP contribution in [0, 0.1) is 11.8 Å². The van der Waals surface area contributed by atoms with Crippen molar-refractivity contribution in [3.8, 4) is 0 Å². The van der Waals surface area contributed by atoms with Crippen LogP contribution in [0.3, 0.4) is 0 Å². The molecule has 0 radical (unpaired) electrons. The molecule has 0 spiro atoms. The van der Waals surface area contributed by atoms with Crippen LogP contribution in [0.1, 0.15) is 51.4 Å². The molecule has 0 bridgehead atoms. The predicted octanol–water partition coefficient (Wildman–Crippen LogP) is 2.69. The molecule has 3 saturated heterocycles. The van der Waals surface area contributed by atoms with Gasteiger partial charge in [0.15, 0.2) is 0 Å². The second kappa shape index (κ2) is 4.24. The quantitative estimate of drug-likeness (QED) is 0.636. The van der Waals surface area contributed by atoms with E-state index >= 15 is 0 Å². The standard InChI is InChI=1S/C15H26N2/c1-2-9-16-11-13-6-3-5-12-7-4-10-17(15(12)13)14(16)8-1/h12-15H,1-11H2/t12-,13+,14-,15+/m1/s1. The van der Waals surface area contributed by atoms with Gasteiger partial charge in [-0.25, -0.2) is 0 Å². The molecule has 1 saturated carbocycles. The molecule has 0 amide bonds. The van der Waals surface area contributed by atoms with E-state index in [4.69, 9.17) is 0 Å². The number of nitrogens with zero attached hydrogens (tertiary/aromatic N) is 2. The highest BCUT2D eigenvalue weighted by atomic mass is 15.4. The summed E-state index contributed by atoms with van der Waals surface area (Å²) in [5, 5.41) is 0. The van der Waals surface area contributed by atoms with E-state index < -0.39 is 0 Å². The first-order valence-electron chi connectivity index (χ1n) is 7.93. The third-order valence-corrected chi connectivity index (χ3v) is 5.92. The third kappa shape index (κ3) is 1.67. The average molecular weight is 234 g/mol. The molecule has 0 aromatic rings. The second-order valence-corrected chi connectivity index (χ2v) is 6.79. The lowest BCUT2D eigenvalue weighted by Gasteiger charge is -2.59. The van der Waals surface area contributed by atoms with Crippen molar-refractivity contribution in [2.45, 2.75) is 63.6 Å². The molecule has 0 unspecified atom stereocenters. The van der Waals surface area contributed by atoms with E-state index in [0.717, 1.165) is 24.0 Å². The zero-order chi connectivity index (χ0) is 11.2. The summed E-state index contributed by atoms with van der Waals surface area (Å²) in [5.74, 6) is 2.08. The zero-order valence-corrected chi connectivity index (χ0v) is 11.0. The Bertz CT molecular complexity index is 289. The first kappa shape index (κ1) is 10.8. The summed E-state index contributed by atoms with van der Waals surface area (Å²) in [6.45, 7) is 4.22. The lowest BCUT2D eigenvalue weighted by atomic mass is 9.70. The van der Waals surface area contributed by atoms with Gasteiger partial charge in [-0.15, -0.1) is 0 Å². The van der Waals surface area contributed by atoms with E-state index in [1.165, 1.54) is 71.0 Å². The lowest BCUT2D eigenvalue weighted by Crippen LogP contribution is -2.67. The smallest absolute Gasteiger partial charge is 0.0625 e. The average Bonchev–Trinajstić information content (AvgIpc) is 2.39. The minimum absolute atomic E-state index is 0.839. The molecular formula is C15H26N2. The van der Waals surface area contributed by atoms with E-state index in [0.29, 0.717) is 0 Å². The van der Waals surface area contributed by atoms with Gasteiger partial charge in [-0.3, -0.25) is 9.80 Å². The number of rotatable bonds is 0. The largest absolute Gasteiger partial charge is 0.288 e. The van der Waals surface area contributed by atoms with Crippen LogP contribution in [0.2, 0.25) is 0 Å². The molecular weight excluding hydrogens is 208 g/mol. The van der Waals surface area contributed by atoms with Crippen LogP contribution in [0.4, 0.5) is 0 Å². The van der Waals surface area contributed by atoms with Crippen LogP contribution in [0.25, 0.3) is 0 Å². The van der Waals surface area contributed by atoms with Crippen molar-refractivity contribution in [3.63, 3.8) is 0 Å². The Labute approximate surface area is 105 Å². The van der Waals surface area contributed by atoms with Gasteiger partial charge < -0.3 is 0 Å². The minimum Gasteiger partial charge on any atom is -0.288 e. The van der Waals surface area contributed by atoms with Crippen molar-refractivity contribution in [2.24, 2.45) is 11.8 Å². The lowest BCUT2D eigenvalue weighted by molar-refractivity contribution is -0.128. The van der Waals surface area contributed by atoms with Crippen LogP contribution >= 0.6 is 0 Å². The number of fused-ring (bicyclic) bond motifs is 2. The van der Waals surface area contributed by atoms with Crippen LogP contribution in [0.5, 0.6) is 0 Å². The van der Waals surface area contributed by atoms with Crippen molar-refractivity contribution in [2.75, 3.05) is 19.6 Å². The Morgan fingerprint density at radius 2 is 1.59 bits per heavy atom. The fraction of sp³-hybridized carbons (Fsp3) is 1.00. The number of hydrogen-bond acceptors (Lipinski definition) is 2. The summed E-state index contributed by atoms with van der Waals surface area (Å²) in [5.41, 5.74) is 0. The SMILES string of the molecule is C1C[C@@H]2CCCN3[C@@H]2[C@@H](C1)CN1CCCC[C@H]13. The summed E-state index contributed by atoms with van der Waals surface area (Å²) >= 11 is 0. The van der Waals surface area contributed by atoms with E-state index in [1.807, 2.05) is 0 Å². The fourth-order valence-corrected chi connectivity index (χ4v) is 5.32. The van der Waals surface area contributed by atoms with Gasteiger partial charge in [0.25, 0.3) is 0 Å². The first-order chi connectivity index (χ1) is 8.43. The second-order valence-electron chi connectivity index (χ2n) is 6.79. The predicted molar refractivity (Wildman–Crippen MR) is 69.8 cm³/mol. The summed E-state index contributed by atoms with van der Waals surface area (Å²) in [4.78, 5) is 5.78. The Morgan fingerprint density at radius 3 is 2.59 bits per heavy atom. The van der Waals surface area contributed by atoms with Crippen molar-refractivity contribution in [1.82, 2.24) is 9.80 Å². The molecule has 3 heterocycles. The van der Waals surface area contributed by atoms with Gasteiger partial charge in [-0.1, -0.05) is 6.42 Å². The van der Waals surface area contributed by atoms with Crippen molar-refractivity contribution >= 4 is 0 Å². The third-order valence-electron chi connectivity index (χ3n) is 5.92. The fourth-order valence-electron chi connectivity index (χ4n) is 5.32. The van der Waals surface area contributed by atoms with E-state index in [2.05, 4.69) is 9.80 Å². The number of piperidine rings is 2. The Hall–Kier alpha value is -0.0800. The van der Waals surface area contributed by atoms with Crippen LogP contribution in [0.15, 0.2) is 0 Å². The summed E-state index contributed by atoms with van der Waals surface area (Å²) in [6.07, 6.45) is 12.8. The normalized spacial score (nSPS) is 47.3. The minimum atomic E-state index is 0.839. The maximum atomic E-state index is 2.95. The van der Waals surface area contributed by atoms with Crippen molar-refractivity contribution in [1.29, 1.82) is 0 Å². The molecule has 0 aromatic carbocycles. The summed E-state index contributed by atoms with van der Waals surface area (Å²) < 4.78 is 0. The molecule has 1 aliphatic carbocycles. The highest BCUT2D eigenvalue weighted by Gasteiger charge is 2.47. The van der Waals surface area contributed by atoms with Gasteiger partial charge in [0.1, 0.15) is 0 Å². The maximum Gasteiger partial charge on any atom is 0.0625 e. The molecule has 2 heteroatoms. The van der Waals surface area contributed by atoms with Gasteiger partial charge in [-0.05, 0) is 69.9 Å². The van der Waals surface area contributed by atoms with Crippen molar-refractivity contribution < 1.29 is 0 Å². The molecule has 4 fully saturated rings. The molecule has 17 heavy (non-hydrogen) atoms. The molecule has 4 atom stereocenters. The first-order valence-corrected chi connectivity index (χ1v) is 7.93. The Balaban J connectivity index is 1.63. The van der Waals surface area contributed by atoms with Gasteiger partial charge in [0, 0.05) is 12.6 Å². The maximum absolute atomic E-state index is 2.95. The highest BCUT2D eigenvalue weighted by Crippen LogP contribution is 2.44. The van der Waals surface area contributed by atoms with Gasteiger partial charge in [0.2, 0.25) is 0 Å². The summed E-state index contributed by atoms with van der Waals surface area (Å²) in [6, 6.07) is 0.983. The Morgan fingerprint density at radius 1 is 0.706 bits per heavy atom. The highest BCUT2D eigenvalue weighted by molar-refractivity contribution is 5.00. The molecule has 0 aromatic heterocycles. The van der Waals surface area contributed by atoms with E-state index in [-0.39, 0.29) is 0 Å². The molecule has 96 valence electrons. The topological polar surface area (TPSA) is 6.48 Å². The van der Waals surface area contributed by atoms with Crippen LogP contribution < -0.4 is 0 Å².